The summed E-state index contributed by atoms with van der Waals surface area (Å²) in [7, 11) is 0. The summed E-state index contributed by atoms with van der Waals surface area (Å²) in [5.74, 6) is 0.721. The molecule has 0 spiro atoms. The molecule has 5 nitrogen and oxygen atoms in total. The summed E-state index contributed by atoms with van der Waals surface area (Å²) in [4.78, 5) is 0. The predicted octanol–water partition coefficient (Wildman–Crippen LogP) is 2.14. The minimum absolute atomic E-state index is 0.0804. The molecule has 0 fully saturated rings. The molecule has 1 unspecified atom stereocenters. The molecule has 0 bridgehead atoms. The highest BCUT2D eigenvalue weighted by atomic mass is 16.5. The van der Waals surface area contributed by atoms with E-state index in [1.165, 1.54) is 5.56 Å². The van der Waals surface area contributed by atoms with Crippen molar-refractivity contribution in [3.05, 3.63) is 48.3 Å². The highest BCUT2D eigenvalue weighted by molar-refractivity contribution is 5.29. The summed E-state index contributed by atoms with van der Waals surface area (Å²) in [6.45, 7) is 3.90. The third-order valence-electron chi connectivity index (χ3n) is 3.03. The van der Waals surface area contributed by atoms with Crippen molar-refractivity contribution in [2.75, 3.05) is 13.2 Å². The van der Waals surface area contributed by atoms with Gasteiger partial charge in [0.05, 0.1) is 6.54 Å². The molecule has 1 N–H and O–H groups in total. The van der Waals surface area contributed by atoms with Crippen molar-refractivity contribution in [3.63, 3.8) is 0 Å². The largest absolute Gasteiger partial charge is 0.479 e. The number of nitrogens with one attached hydrogen (secondary N) is 1. The van der Waals surface area contributed by atoms with Crippen molar-refractivity contribution >= 4 is 0 Å². The molecular weight excluding hydrogens is 252 g/mol. The lowest BCUT2D eigenvalue weighted by Gasteiger charge is -2.14. The van der Waals surface area contributed by atoms with E-state index in [4.69, 9.17) is 10.00 Å². The van der Waals surface area contributed by atoms with Crippen molar-refractivity contribution in [1.29, 1.82) is 5.26 Å². The van der Waals surface area contributed by atoms with Crippen LogP contribution < -0.4 is 10.1 Å². The molecule has 0 aliphatic heterocycles. The molecule has 2 rings (SSSR count). The Kier molecular flexibility index (Phi) is 5.15. The quantitative estimate of drug-likeness (QED) is 0.837. The van der Waals surface area contributed by atoms with Gasteiger partial charge < -0.3 is 10.1 Å². The number of ether oxygens (including phenoxy) is 1. The van der Waals surface area contributed by atoms with Crippen LogP contribution in [0.25, 0.3) is 0 Å². The van der Waals surface area contributed by atoms with Crippen molar-refractivity contribution < 1.29 is 4.74 Å². The third kappa shape index (κ3) is 4.11. The van der Waals surface area contributed by atoms with E-state index in [9.17, 15) is 0 Å². The van der Waals surface area contributed by atoms with Gasteiger partial charge >= 0.3 is 0 Å². The van der Waals surface area contributed by atoms with Gasteiger partial charge in [-0.05, 0) is 30.7 Å². The van der Waals surface area contributed by atoms with E-state index in [2.05, 4.69) is 17.3 Å². The number of rotatable bonds is 7. The van der Waals surface area contributed by atoms with Crippen LogP contribution >= 0.6 is 0 Å². The van der Waals surface area contributed by atoms with Crippen LogP contribution in [0.4, 0.5) is 0 Å². The van der Waals surface area contributed by atoms with Crippen LogP contribution in [-0.4, -0.2) is 22.9 Å². The first kappa shape index (κ1) is 14.1. The van der Waals surface area contributed by atoms with Crippen LogP contribution in [0.1, 0.15) is 18.5 Å². The molecule has 0 amide bonds. The normalized spacial score (nSPS) is 11.8. The number of nitriles is 1. The van der Waals surface area contributed by atoms with Crippen LogP contribution in [-0.2, 0) is 6.54 Å². The van der Waals surface area contributed by atoms with Crippen LogP contribution in [0, 0.1) is 11.3 Å². The average Bonchev–Trinajstić information content (AvgIpc) is 2.99. The Hall–Kier alpha value is -2.32. The zero-order valence-electron chi connectivity index (χ0n) is 11.5. The van der Waals surface area contributed by atoms with Gasteiger partial charge in [-0.2, -0.15) is 10.4 Å². The third-order valence-corrected chi connectivity index (χ3v) is 3.03. The number of aromatic nitrogens is 2. The maximum Gasteiger partial charge on any atom is 0.174 e. The Labute approximate surface area is 118 Å². The second-order valence-electron chi connectivity index (χ2n) is 4.46. The average molecular weight is 270 g/mol. The van der Waals surface area contributed by atoms with E-state index >= 15 is 0 Å². The molecule has 0 aliphatic carbocycles. The Morgan fingerprint density at radius 2 is 2.20 bits per heavy atom. The van der Waals surface area contributed by atoms with Crippen LogP contribution in [0.3, 0.4) is 0 Å². The molecule has 1 aromatic heterocycles. The molecule has 20 heavy (non-hydrogen) atoms. The van der Waals surface area contributed by atoms with Crippen molar-refractivity contribution in [2.24, 2.45) is 0 Å². The van der Waals surface area contributed by atoms with Crippen molar-refractivity contribution in [2.45, 2.75) is 19.5 Å². The molecule has 0 radical (unpaired) electrons. The number of benzene rings is 1. The van der Waals surface area contributed by atoms with E-state index in [0.29, 0.717) is 0 Å². The van der Waals surface area contributed by atoms with E-state index < -0.39 is 0 Å². The maximum atomic E-state index is 8.45. The monoisotopic (exact) mass is 270 g/mol. The second-order valence-corrected chi connectivity index (χ2v) is 4.46. The van der Waals surface area contributed by atoms with Gasteiger partial charge in [0.1, 0.15) is 11.8 Å². The second kappa shape index (κ2) is 7.31. The van der Waals surface area contributed by atoms with E-state index in [1.54, 1.807) is 6.20 Å². The Morgan fingerprint density at radius 3 is 2.85 bits per heavy atom. The van der Waals surface area contributed by atoms with Crippen molar-refractivity contribution in [3.8, 4) is 11.8 Å². The molecule has 0 saturated heterocycles. The molecular formula is C15H18N4O. The minimum Gasteiger partial charge on any atom is -0.479 e. The van der Waals surface area contributed by atoms with Gasteiger partial charge in [-0.15, -0.1) is 0 Å². The summed E-state index contributed by atoms with van der Waals surface area (Å²) >= 11 is 0. The van der Waals surface area contributed by atoms with Gasteiger partial charge in [0, 0.05) is 25.0 Å². The molecule has 1 heterocycles. The fourth-order valence-electron chi connectivity index (χ4n) is 1.91. The Bertz CT molecular complexity index is 542. The summed E-state index contributed by atoms with van der Waals surface area (Å²) in [6, 6.07) is 11.9. The molecule has 5 heteroatoms. The van der Waals surface area contributed by atoms with E-state index in [1.807, 2.05) is 47.3 Å². The summed E-state index contributed by atoms with van der Waals surface area (Å²) in [6.07, 6.45) is 3.73. The fourth-order valence-corrected chi connectivity index (χ4v) is 1.91. The number of hydrogen-bond acceptors (Lipinski definition) is 4. The zero-order valence-corrected chi connectivity index (χ0v) is 11.5. The molecule has 104 valence electrons. The molecule has 0 aliphatic rings. The Morgan fingerprint density at radius 1 is 1.40 bits per heavy atom. The summed E-state index contributed by atoms with van der Waals surface area (Å²) in [5, 5.41) is 16.1. The van der Waals surface area contributed by atoms with Crippen LogP contribution in [0.5, 0.6) is 5.75 Å². The van der Waals surface area contributed by atoms with E-state index in [0.717, 1.165) is 18.8 Å². The Balaban J connectivity index is 1.79. The molecule has 0 saturated carbocycles. The smallest absolute Gasteiger partial charge is 0.174 e. The first-order chi connectivity index (χ1) is 9.79. The molecule has 1 atom stereocenters. The highest BCUT2D eigenvalue weighted by Crippen LogP contribution is 2.17. The van der Waals surface area contributed by atoms with Crippen molar-refractivity contribution in [1.82, 2.24) is 15.1 Å². The van der Waals surface area contributed by atoms with Crippen LogP contribution in [0.2, 0.25) is 0 Å². The topological polar surface area (TPSA) is 62.9 Å². The standard InChI is InChI=1S/C15H18N4O/c1-13(17-9-11-19-10-2-8-18-19)14-3-5-15(6-4-14)20-12-7-16/h2-6,8,10,13,17H,9,11-12H2,1H3. The van der Waals surface area contributed by atoms with Gasteiger partial charge in [-0.1, -0.05) is 12.1 Å². The van der Waals surface area contributed by atoms with E-state index in [-0.39, 0.29) is 12.6 Å². The molecule has 1 aromatic carbocycles. The highest BCUT2D eigenvalue weighted by Gasteiger charge is 2.04. The SMILES string of the molecule is CC(NCCn1cccn1)c1ccc(OCC#N)cc1. The number of hydrogen-bond donors (Lipinski definition) is 1. The zero-order chi connectivity index (χ0) is 14.2. The first-order valence-electron chi connectivity index (χ1n) is 6.60. The summed E-state index contributed by atoms with van der Waals surface area (Å²) < 4.78 is 7.13. The van der Waals surface area contributed by atoms with Gasteiger partial charge in [-0.25, -0.2) is 0 Å². The lowest BCUT2D eigenvalue weighted by Crippen LogP contribution is -2.23. The molecule has 2 aromatic rings. The first-order valence-corrected chi connectivity index (χ1v) is 6.60. The fraction of sp³-hybridized carbons (Fsp3) is 0.333. The van der Waals surface area contributed by atoms with Gasteiger partial charge in [0.15, 0.2) is 6.61 Å². The number of nitrogens with zero attached hydrogens (tertiary/aromatic N) is 3. The predicted molar refractivity (Wildman–Crippen MR) is 76.2 cm³/mol. The van der Waals surface area contributed by atoms with Gasteiger partial charge in [-0.3, -0.25) is 4.68 Å². The van der Waals surface area contributed by atoms with Gasteiger partial charge in [0.25, 0.3) is 0 Å². The summed E-state index contributed by atoms with van der Waals surface area (Å²) in [5.41, 5.74) is 1.19. The van der Waals surface area contributed by atoms with Crippen LogP contribution in [0.15, 0.2) is 42.7 Å². The maximum absolute atomic E-state index is 8.45. The lowest BCUT2D eigenvalue weighted by atomic mass is 10.1. The minimum atomic E-state index is 0.0804. The van der Waals surface area contributed by atoms with Gasteiger partial charge in [0.2, 0.25) is 0 Å². The lowest BCUT2D eigenvalue weighted by molar-refractivity contribution is 0.368.